The van der Waals surface area contributed by atoms with Crippen molar-refractivity contribution in [3.8, 4) is 0 Å². The first-order valence-corrected chi connectivity index (χ1v) is 12.0. The summed E-state index contributed by atoms with van der Waals surface area (Å²) in [6, 6.07) is 16.1. The van der Waals surface area contributed by atoms with E-state index in [0.717, 1.165) is 18.8 Å². The van der Waals surface area contributed by atoms with E-state index in [4.69, 9.17) is 27.2 Å². The Kier molecular flexibility index (Phi) is 9.14. The predicted molar refractivity (Wildman–Crippen MR) is 136 cm³/mol. The van der Waals surface area contributed by atoms with Crippen LogP contribution in [0.4, 0.5) is 29.5 Å². The number of ketones is 1. The van der Waals surface area contributed by atoms with E-state index in [1.165, 1.54) is 11.3 Å². The molecule has 1 aliphatic rings. The number of hydrogen-bond donors (Lipinski definition) is 4. The molecule has 1 saturated heterocycles. The summed E-state index contributed by atoms with van der Waals surface area (Å²) >= 11 is 7.14. The second-order valence-corrected chi connectivity index (χ2v) is 9.18. The van der Waals surface area contributed by atoms with E-state index in [0.29, 0.717) is 39.1 Å². The van der Waals surface area contributed by atoms with Crippen molar-refractivity contribution in [3.63, 3.8) is 0 Å². The number of halogens is 4. The summed E-state index contributed by atoms with van der Waals surface area (Å²) in [6.07, 6.45) is -5.08. The van der Waals surface area contributed by atoms with E-state index < -0.39 is 12.1 Å². The summed E-state index contributed by atoms with van der Waals surface area (Å²) < 4.78 is 31.7. The van der Waals surface area contributed by atoms with E-state index in [1.54, 1.807) is 29.2 Å². The molecule has 196 valence electrons. The molecule has 1 aliphatic heterocycles. The number of nitrogen functional groups attached to an aromatic ring is 1. The quantitative estimate of drug-likeness (QED) is 0.339. The lowest BCUT2D eigenvalue weighted by Gasteiger charge is -2.27. The number of aliphatic carboxylic acids is 1. The fraction of sp³-hybridized carbons (Fsp3) is 0.208. The van der Waals surface area contributed by atoms with Crippen LogP contribution >= 0.6 is 22.9 Å². The van der Waals surface area contributed by atoms with Gasteiger partial charge in [-0.1, -0.05) is 29.8 Å². The van der Waals surface area contributed by atoms with Crippen LogP contribution in [0, 0.1) is 0 Å². The van der Waals surface area contributed by atoms with E-state index in [9.17, 15) is 22.8 Å². The van der Waals surface area contributed by atoms with Crippen LogP contribution in [0.3, 0.4) is 0 Å². The molecule has 0 atom stereocenters. The number of benzene rings is 2. The molecular formula is C24H22ClF3N4O4S. The minimum atomic E-state index is -5.08. The molecule has 1 fully saturated rings. The second-order valence-electron chi connectivity index (χ2n) is 7.72. The van der Waals surface area contributed by atoms with Crippen LogP contribution in [0.15, 0.2) is 54.6 Å². The summed E-state index contributed by atoms with van der Waals surface area (Å²) in [5.74, 6) is -3.16. The molecule has 0 radical (unpaired) electrons. The molecule has 2 aromatic carbocycles. The number of nitrogens with one attached hydrogen (secondary N) is 2. The number of carboxylic acid groups (broad SMARTS) is 1. The number of nitrogens with two attached hydrogens (primary N) is 1. The number of para-hydroxylation sites is 1. The van der Waals surface area contributed by atoms with E-state index >= 15 is 0 Å². The third-order valence-corrected chi connectivity index (χ3v) is 6.52. The summed E-state index contributed by atoms with van der Waals surface area (Å²) in [7, 11) is 0. The van der Waals surface area contributed by atoms with Gasteiger partial charge in [0.05, 0.1) is 11.3 Å². The third-order valence-electron chi connectivity index (χ3n) is 5.15. The van der Waals surface area contributed by atoms with Gasteiger partial charge in [0.25, 0.3) is 5.91 Å². The first-order chi connectivity index (χ1) is 17.5. The van der Waals surface area contributed by atoms with E-state index in [-0.39, 0.29) is 17.4 Å². The largest absolute Gasteiger partial charge is 0.490 e. The summed E-state index contributed by atoms with van der Waals surface area (Å²) in [4.78, 5) is 37.4. The topological polar surface area (TPSA) is 125 Å². The zero-order chi connectivity index (χ0) is 27.2. The Morgan fingerprint density at radius 1 is 1.03 bits per heavy atom. The lowest BCUT2D eigenvalue weighted by molar-refractivity contribution is -0.192. The minimum absolute atomic E-state index is 0.168. The summed E-state index contributed by atoms with van der Waals surface area (Å²) in [5, 5.41) is 14.7. The van der Waals surface area contributed by atoms with Gasteiger partial charge in [-0.3, -0.25) is 9.59 Å². The molecule has 0 spiro atoms. The Morgan fingerprint density at radius 3 is 2.14 bits per heavy atom. The number of alkyl halides is 3. The first kappa shape index (κ1) is 28.0. The van der Waals surface area contributed by atoms with Crippen molar-refractivity contribution in [1.29, 1.82) is 0 Å². The normalized spacial score (nSPS) is 13.4. The lowest BCUT2D eigenvalue weighted by atomic mass is 10.1. The molecule has 0 saturated carbocycles. The molecule has 4 rings (SSSR count). The Labute approximate surface area is 218 Å². The van der Waals surface area contributed by atoms with Crippen molar-refractivity contribution in [2.75, 3.05) is 37.2 Å². The Bertz CT molecular complexity index is 1260. The molecule has 2 heterocycles. The van der Waals surface area contributed by atoms with Crippen LogP contribution in [0.2, 0.25) is 5.02 Å². The summed E-state index contributed by atoms with van der Waals surface area (Å²) in [6.45, 7) is 2.65. The van der Waals surface area contributed by atoms with Gasteiger partial charge in [0.1, 0.15) is 9.88 Å². The van der Waals surface area contributed by atoms with Gasteiger partial charge in [0.15, 0.2) is 0 Å². The number of rotatable bonds is 5. The molecular weight excluding hydrogens is 533 g/mol. The zero-order valence-corrected chi connectivity index (χ0v) is 20.7. The third kappa shape index (κ3) is 7.21. The van der Waals surface area contributed by atoms with Crippen molar-refractivity contribution < 1.29 is 32.7 Å². The number of carbonyl (C=O) groups excluding carboxylic acids is 2. The van der Waals surface area contributed by atoms with Gasteiger partial charge < -0.3 is 26.4 Å². The maximum absolute atomic E-state index is 13.3. The molecule has 0 aliphatic carbocycles. The fourth-order valence-corrected chi connectivity index (χ4v) is 4.54. The number of thiophene rings is 1. The molecule has 37 heavy (non-hydrogen) atoms. The first-order valence-electron chi connectivity index (χ1n) is 10.8. The summed E-state index contributed by atoms with van der Waals surface area (Å²) in [5.41, 5.74) is 8.24. The molecule has 1 aromatic heterocycles. The van der Waals surface area contributed by atoms with Crippen LogP contribution < -0.4 is 16.4 Å². The van der Waals surface area contributed by atoms with Crippen molar-refractivity contribution in [2.45, 2.75) is 6.18 Å². The van der Waals surface area contributed by atoms with Crippen molar-refractivity contribution in [2.24, 2.45) is 0 Å². The Balaban J connectivity index is 0.000000479. The maximum Gasteiger partial charge on any atom is 0.490 e. The van der Waals surface area contributed by atoms with Gasteiger partial charge in [-0.15, -0.1) is 11.3 Å². The lowest BCUT2D eigenvalue weighted by Crippen LogP contribution is -2.46. The number of amides is 1. The number of carbonyl (C=O) groups is 3. The molecule has 8 nitrogen and oxygen atoms in total. The van der Waals surface area contributed by atoms with Gasteiger partial charge in [0, 0.05) is 42.5 Å². The van der Waals surface area contributed by atoms with Crippen LogP contribution in [0.25, 0.3) is 0 Å². The second kappa shape index (κ2) is 12.1. The Morgan fingerprint density at radius 2 is 1.59 bits per heavy atom. The van der Waals surface area contributed by atoms with Gasteiger partial charge in [-0.25, -0.2) is 4.79 Å². The van der Waals surface area contributed by atoms with Crippen LogP contribution in [0.1, 0.15) is 25.6 Å². The van der Waals surface area contributed by atoms with Crippen molar-refractivity contribution in [1.82, 2.24) is 10.2 Å². The fourth-order valence-electron chi connectivity index (χ4n) is 3.32. The standard InChI is InChI=1S/C22H21ClN4O2S.C2HF3O2/c23-15-8-6-14(7-9-15)19(28)20-18(24)17(22(29)27-12-10-25-11-13-27)21(30-20)26-16-4-2-1-3-5-16;3-2(4,5)1(6)7/h1-9,25-26H,10-13,24H2;(H,6,7). The Hall–Kier alpha value is -3.61. The average molecular weight is 555 g/mol. The van der Waals surface area contributed by atoms with Crippen LogP contribution in [0.5, 0.6) is 0 Å². The number of anilines is 3. The van der Waals surface area contributed by atoms with Gasteiger partial charge in [-0.2, -0.15) is 13.2 Å². The highest BCUT2D eigenvalue weighted by molar-refractivity contribution is 7.19. The maximum atomic E-state index is 13.3. The highest BCUT2D eigenvalue weighted by Gasteiger charge is 2.38. The van der Waals surface area contributed by atoms with Crippen LogP contribution in [-0.4, -0.2) is 60.0 Å². The number of hydrogen-bond acceptors (Lipinski definition) is 7. The van der Waals surface area contributed by atoms with E-state index in [2.05, 4.69) is 10.6 Å². The smallest absolute Gasteiger partial charge is 0.475 e. The molecule has 3 aromatic rings. The van der Waals surface area contributed by atoms with Crippen molar-refractivity contribution in [3.05, 3.63) is 75.6 Å². The molecule has 0 unspecified atom stereocenters. The number of carboxylic acids is 1. The SMILES string of the molecule is Nc1c(C(=O)c2ccc(Cl)cc2)sc(Nc2ccccc2)c1C(=O)N1CCNCC1.O=C(O)C(F)(F)F. The molecule has 13 heteroatoms. The molecule has 0 bridgehead atoms. The van der Waals surface area contributed by atoms with Gasteiger partial charge in [0.2, 0.25) is 5.78 Å². The number of piperazine rings is 1. The van der Waals surface area contributed by atoms with Gasteiger partial charge >= 0.3 is 12.1 Å². The molecule has 5 N–H and O–H groups in total. The van der Waals surface area contributed by atoms with Crippen molar-refractivity contribution >= 4 is 57.0 Å². The van der Waals surface area contributed by atoms with Gasteiger partial charge in [-0.05, 0) is 36.4 Å². The number of nitrogens with zero attached hydrogens (tertiary/aromatic N) is 1. The molecule has 1 amide bonds. The van der Waals surface area contributed by atoms with Crippen LogP contribution in [-0.2, 0) is 4.79 Å². The highest BCUT2D eigenvalue weighted by Crippen LogP contribution is 2.39. The predicted octanol–water partition coefficient (Wildman–Crippen LogP) is 4.64. The highest BCUT2D eigenvalue weighted by atomic mass is 35.5. The van der Waals surface area contributed by atoms with E-state index in [1.807, 2.05) is 30.3 Å². The zero-order valence-electron chi connectivity index (χ0n) is 19.1. The minimum Gasteiger partial charge on any atom is -0.475 e. The average Bonchev–Trinajstić information content (AvgIpc) is 3.20. The monoisotopic (exact) mass is 554 g/mol.